The fourth-order valence-corrected chi connectivity index (χ4v) is 5.79. The Bertz CT molecular complexity index is 467. The van der Waals surface area contributed by atoms with Gasteiger partial charge in [0.05, 0.1) is 12.2 Å². The first-order valence-electron chi connectivity index (χ1n) is 12.6. The van der Waals surface area contributed by atoms with E-state index in [2.05, 4.69) is 66.0 Å². The van der Waals surface area contributed by atoms with Crippen LogP contribution in [0.25, 0.3) is 0 Å². The molecule has 2 heterocycles. The van der Waals surface area contributed by atoms with Crippen molar-refractivity contribution in [3.05, 3.63) is 0 Å². The van der Waals surface area contributed by atoms with Gasteiger partial charge >= 0.3 is 0 Å². The van der Waals surface area contributed by atoms with E-state index in [0.29, 0.717) is 12.2 Å². The Kier molecular flexibility index (Phi) is 9.25. The molecule has 0 spiro atoms. The van der Waals surface area contributed by atoms with Crippen LogP contribution in [0.4, 0.5) is 0 Å². The van der Waals surface area contributed by atoms with Gasteiger partial charge in [0.25, 0.3) is 0 Å². The van der Waals surface area contributed by atoms with Crippen molar-refractivity contribution in [2.75, 3.05) is 13.2 Å². The van der Waals surface area contributed by atoms with Crippen LogP contribution in [0, 0.1) is 0 Å². The number of hydrogen-bond acceptors (Lipinski definition) is 4. The molecule has 0 aliphatic carbocycles. The molecule has 2 saturated heterocycles. The second-order valence-electron chi connectivity index (χ2n) is 12.7. The van der Waals surface area contributed by atoms with Gasteiger partial charge in [0.2, 0.25) is 0 Å². The Hall–Kier alpha value is -0.160. The smallest absolute Gasteiger partial charge is 0.0593 e. The molecule has 2 atom stereocenters. The van der Waals surface area contributed by atoms with Gasteiger partial charge in [-0.2, -0.15) is 0 Å². The van der Waals surface area contributed by atoms with E-state index in [1.165, 1.54) is 51.4 Å². The lowest BCUT2D eigenvalue weighted by molar-refractivity contribution is 0.0249. The van der Waals surface area contributed by atoms with Crippen molar-refractivity contribution < 1.29 is 9.47 Å². The minimum Gasteiger partial charge on any atom is -0.378 e. The molecule has 2 aliphatic rings. The highest BCUT2D eigenvalue weighted by Crippen LogP contribution is 2.30. The predicted molar refractivity (Wildman–Crippen MR) is 128 cm³/mol. The Morgan fingerprint density at radius 3 is 1.30 bits per heavy atom. The summed E-state index contributed by atoms with van der Waals surface area (Å²) in [5.74, 6) is 0. The first kappa shape index (κ1) is 26.1. The summed E-state index contributed by atoms with van der Waals surface area (Å²) in [6.45, 7) is 20.3. The van der Waals surface area contributed by atoms with Crippen LogP contribution in [-0.4, -0.2) is 47.6 Å². The maximum atomic E-state index is 6.27. The van der Waals surface area contributed by atoms with Gasteiger partial charge in [-0.05, 0) is 107 Å². The third-order valence-electron chi connectivity index (χ3n) is 6.76. The largest absolute Gasteiger partial charge is 0.378 e. The molecule has 0 aromatic heterocycles. The summed E-state index contributed by atoms with van der Waals surface area (Å²) in [5.41, 5.74) is 0.721. The molecule has 4 nitrogen and oxygen atoms in total. The highest BCUT2D eigenvalue weighted by Gasteiger charge is 2.35. The van der Waals surface area contributed by atoms with E-state index in [1.54, 1.807) is 0 Å². The van der Waals surface area contributed by atoms with Gasteiger partial charge in [-0.15, -0.1) is 0 Å². The van der Waals surface area contributed by atoms with E-state index in [1.807, 2.05) is 0 Å². The minimum atomic E-state index is 0.152. The average molecular weight is 425 g/mol. The Balaban J connectivity index is 1.55. The van der Waals surface area contributed by atoms with Crippen LogP contribution in [0.15, 0.2) is 0 Å². The summed E-state index contributed by atoms with van der Waals surface area (Å²) in [4.78, 5) is 0. The van der Waals surface area contributed by atoms with E-state index >= 15 is 0 Å². The molecule has 0 aromatic carbocycles. The van der Waals surface area contributed by atoms with Crippen LogP contribution in [0.2, 0.25) is 0 Å². The monoisotopic (exact) mass is 424 g/mol. The molecule has 0 bridgehead atoms. The lowest BCUT2D eigenvalue weighted by atomic mass is 9.96. The van der Waals surface area contributed by atoms with Crippen molar-refractivity contribution in [3.63, 3.8) is 0 Å². The van der Waals surface area contributed by atoms with Crippen LogP contribution < -0.4 is 10.6 Å². The summed E-state index contributed by atoms with van der Waals surface area (Å²) >= 11 is 0. The zero-order chi connectivity index (χ0) is 22.5. The molecule has 4 heteroatoms. The maximum Gasteiger partial charge on any atom is 0.0593 e. The maximum absolute atomic E-state index is 6.27. The van der Waals surface area contributed by atoms with E-state index in [4.69, 9.17) is 9.47 Å². The Morgan fingerprint density at radius 2 is 0.933 bits per heavy atom. The third-order valence-corrected chi connectivity index (χ3v) is 6.76. The van der Waals surface area contributed by atoms with Gasteiger partial charge < -0.3 is 20.1 Å². The molecule has 2 rings (SSSR count). The second-order valence-corrected chi connectivity index (χ2v) is 12.7. The predicted octanol–water partition coefficient (Wildman–Crippen LogP) is 5.98. The van der Waals surface area contributed by atoms with Crippen molar-refractivity contribution in [1.82, 2.24) is 10.6 Å². The Morgan fingerprint density at radius 1 is 0.567 bits per heavy atom. The van der Waals surface area contributed by atoms with Crippen molar-refractivity contribution in [3.8, 4) is 0 Å². The normalized spacial score (nSPS) is 30.4. The summed E-state index contributed by atoms with van der Waals surface area (Å²) in [6.07, 6.45) is 12.5. The quantitative estimate of drug-likeness (QED) is 0.447. The first-order valence-corrected chi connectivity index (χ1v) is 12.6. The topological polar surface area (TPSA) is 42.5 Å². The lowest BCUT2D eigenvalue weighted by Crippen LogP contribution is -2.50. The fraction of sp³-hybridized carbons (Fsp3) is 1.00. The van der Waals surface area contributed by atoms with Crippen molar-refractivity contribution in [2.45, 2.75) is 154 Å². The molecule has 178 valence electrons. The number of rotatable bonds is 9. The van der Waals surface area contributed by atoms with Crippen LogP contribution >= 0.6 is 0 Å². The lowest BCUT2D eigenvalue weighted by Gasteiger charge is -2.34. The zero-order valence-corrected chi connectivity index (χ0v) is 21.5. The molecule has 2 unspecified atom stereocenters. The molecule has 0 radical (unpaired) electrons. The van der Waals surface area contributed by atoms with Crippen LogP contribution in [0.5, 0.6) is 0 Å². The number of unbranched alkanes of at least 4 members (excludes halogenated alkanes) is 3. The molecule has 0 amide bonds. The van der Waals surface area contributed by atoms with E-state index in [0.717, 1.165) is 26.1 Å². The van der Waals surface area contributed by atoms with Gasteiger partial charge in [0, 0.05) is 35.4 Å². The highest BCUT2D eigenvalue weighted by molar-refractivity contribution is 4.95. The molecule has 2 aliphatic heterocycles. The molecular formula is C26H52N2O2. The first-order chi connectivity index (χ1) is 13.8. The minimum absolute atomic E-state index is 0.152. The van der Waals surface area contributed by atoms with Gasteiger partial charge in [0.1, 0.15) is 0 Å². The van der Waals surface area contributed by atoms with E-state index in [-0.39, 0.29) is 22.2 Å². The van der Waals surface area contributed by atoms with Gasteiger partial charge in [-0.3, -0.25) is 0 Å². The zero-order valence-electron chi connectivity index (χ0n) is 21.5. The van der Waals surface area contributed by atoms with Crippen LogP contribution in [-0.2, 0) is 9.47 Å². The second kappa shape index (κ2) is 10.6. The van der Waals surface area contributed by atoms with Crippen molar-refractivity contribution >= 4 is 0 Å². The Labute approximate surface area is 187 Å². The number of nitrogens with one attached hydrogen (secondary N) is 2. The van der Waals surface area contributed by atoms with Crippen LogP contribution in [0.1, 0.15) is 120 Å². The average Bonchev–Trinajstić information content (AvgIpc) is 2.74. The molecule has 0 saturated carbocycles. The van der Waals surface area contributed by atoms with E-state index in [9.17, 15) is 0 Å². The molecule has 2 N–H and O–H groups in total. The molecule has 30 heavy (non-hydrogen) atoms. The molecule has 0 aromatic rings. The molecule has 2 fully saturated rings. The van der Waals surface area contributed by atoms with Crippen molar-refractivity contribution in [1.29, 1.82) is 0 Å². The van der Waals surface area contributed by atoms with Crippen molar-refractivity contribution in [2.24, 2.45) is 0 Å². The highest BCUT2D eigenvalue weighted by atomic mass is 16.5. The van der Waals surface area contributed by atoms with Crippen LogP contribution in [0.3, 0.4) is 0 Å². The van der Waals surface area contributed by atoms with Gasteiger partial charge in [0.15, 0.2) is 0 Å². The SMILES string of the molecule is CC1(C)CCC(OCCCCCCOC2CCC(C)(C)NC(C)(C)C2)CC(C)(C)N1. The number of ether oxygens (including phenoxy) is 2. The van der Waals surface area contributed by atoms with Gasteiger partial charge in [-0.1, -0.05) is 12.8 Å². The molecular weight excluding hydrogens is 372 g/mol. The number of hydrogen-bond donors (Lipinski definition) is 2. The summed E-state index contributed by atoms with van der Waals surface area (Å²) in [6, 6.07) is 0. The van der Waals surface area contributed by atoms with Gasteiger partial charge in [-0.25, -0.2) is 0 Å². The fourth-order valence-electron chi connectivity index (χ4n) is 5.79. The van der Waals surface area contributed by atoms with E-state index < -0.39 is 0 Å². The standard InChI is InChI=1S/C26H52N2O2/c1-23(2)15-13-21(19-25(5,6)27-23)29-17-11-9-10-12-18-30-22-14-16-24(3,4)28-26(7,8)20-22/h21-22,27-28H,9-20H2,1-8H3. The summed E-state index contributed by atoms with van der Waals surface area (Å²) < 4.78 is 12.5. The summed E-state index contributed by atoms with van der Waals surface area (Å²) in [5, 5.41) is 7.58. The summed E-state index contributed by atoms with van der Waals surface area (Å²) in [7, 11) is 0. The third kappa shape index (κ3) is 9.97.